The molecule has 1 heterocycles. The summed E-state index contributed by atoms with van der Waals surface area (Å²) in [7, 11) is 0. The Bertz CT molecular complexity index is 853. The van der Waals surface area contributed by atoms with E-state index in [1.54, 1.807) is 18.2 Å². The van der Waals surface area contributed by atoms with Crippen molar-refractivity contribution in [3.05, 3.63) is 33.1 Å². The van der Waals surface area contributed by atoms with E-state index >= 15 is 0 Å². The number of carboxylic acids is 1. The summed E-state index contributed by atoms with van der Waals surface area (Å²) in [6, 6.07) is 5.17. The van der Waals surface area contributed by atoms with Gasteiger partial charge in [-0.05, 0) is 38.0 Å². The van der Waals surface area contributed by atoms with Gasteiger partial charge in [0, 0.05) is 15.5 Å². The highest BCUT2D eigenvalue weighted by atomic mass is 35.5. The maximum absolute atomic E-state index is 12.6. The Balaban J connectivity index is 1.80. The van der Waals surface area contributed by atoms with E-state index in [1.165, 1.54) is 11.3 Å². The first-order valence-electron chi connectivity index (χ1n) is 8.33. The van der Waals surface area contributed by atoms with E-state index in [4.69, 9.17) is 23.2 Å². The maximum atomic E-state index is 12.6. The van der Waals surface area contributed by atoms with E-state index < -0.39 is 17.8 Å². The van der Waals surface area contributed by atoms with Crippen molar-refractivity contribution >= 4 is 51.5 Å². The van der Waals surface area contributed by atoms with Crippen LogP contribution >= 0.6 is 34.5 Å². The molecule has 1 fully saturated rings. The molecule has 2 unspecified atom stereocenters. The molecule has 1 aromatic carbocycles. The minimum atomic E-state index is -0.909. The van der Waals surface area contributed by atoms with Crippen molar-refractivity contribution in [2.75, 3.05) is 5.32 Å². The number of nitrogens with zero attached hydrogens (tertiary/aromatic N) is 1. The first-order chi connectivity index (χ1) is 12.4. The summed E-state index contributed by atoms with van der Waals surface area (Å²) in [6.07, 6.45) is 2.83. The highest BCUT2D eigenvalue weighted by Crippen LogP contribution is 2.37. The van der Waals surface area contributed by atoms with Gasteiger partial charge in [-0.1, -0.05) is 36.0 Å². The predicted octanol–water partition coefficient (Wildman–Crippen LogP) is 5.25. The number of carboxylic acid groups (broad SMARTS) is 1. The third kappa shape index (κ3) is 4.03. The van der Waals surface area contributed by atoms with Gasteiger partial charge in [0.2, 0.25) is 5.91 Å². The average Bonchev–Trinajstić information content (AvgIpc) is 2.94. The van der Waals surface area contributed by atoms with Crippen LogP contribution in [0.15, 0.2) is 18.2 Å². The summed E-state index contributed by atoms with van der Waals surface area (Å²) >= 11 is 13.5. The zero-order valence-corrected chi connectivity index (χ0v) is 16.4. The second kappa shape index (κ2) is 7.94. The molecule has 1 aliphatic carbocycles. The molecule has 0 spiro atoms. The molecule has 2 atom stereocenters. The molecule has 0 saturated heterocycles. The Morgan fingerprint density at radius 3 is 2.58 bits per heavy atom. The Morgan fingerprint density at radius 2 is 1.92 bits per heavy atom. The van der Waals surface area contributed by atoms with Crippen molar-refractivity contribution in [3.63, 3.8) is 0 Å². The SMILES string of the molecule is Cc1sc(NC(=O)C2CCCCC2C(=O)O)nc1-c1ccc(Cl)cc1Cl. The first-order valence-corrected chi connectivity index (χ1v) is 9.90. The first kappa shape index (κ1) is 19.1. The van der Waals surface area contributed by atoms with Crippen LogP contribution in [-0.2, 0) is 9.59 Å². The van der Waals surface area contributed by atoms with Gasteiger partial charge in [-0.2, -0.15) is 0 Å². The summed E-state index contributed by atoms with van der Waals surface area (Å²) in [5, 5.41) is 13.6. The van der Waals surface area contributed by atoms with Crippen LogP contribution in [0.3, 0.4) is 0 Å². The van der Waals surface area contributed by atoms with Crippen LogP contribution in [0, 0.1) is 18.8 Å². The van der Waals surface area contributed by atoms with Gasteiger partial charge in [-0.3, -0.25) is 9.59 Å². The van der Waals surface area contributed by atoms with Gasteiger partial charge < -0.3 is 10.4 Å². The van der Waals surface area contributed by atoms with E-state index in [0.717, 1.165) is 23.3 Å². The van der Waals surface area contributed by atoms with Crippen LogP contribution in [0.2, 0.25) is 10.0 Å². The molecule has 2 N–H and O–H groups in total. The summed E-state index contributed by atoms with van der Waals surface area (Å²) in [5.41, 5.74) is 1.43. The van der Waals surface area contributed by atoms with Crippen molar-refractivity contribution in [2.45, 2.75) is 32.6 Å². The summed E-state index contributed by atoms with van der Waals surface area (Å²) < 4.78 is 0. The summed E-state index contributed by atoms with van der Waals surface area (Å²) in [6.45, 7) is 1.90. The van der Waals surface area contributed by atoms with Crippen molar-refractivity contribution in [3.8, 4) is 11.3 Å². The minimum absolute atomic E-state index is 0.278. The smallest absolute Gasteiger partial charge is 0.307 e. The Labute approximate surface area is 165 Å². The number of halogens is 2. The molecule has 138 valence electrons. The lowest BCUT2D eigenvalue weighted by Crippen LogP contribution is -2.36. The van der Waals surface area contributed by atoms with Crippen LogP contribution in [0.1, 0.15) is 30.6 Å². The predicted molar refractivity (Wildman–Crippen MR) is 104 cm³/mol. The number of benzene rings is 1. The highest BCUT2D eigenvalue weighted by Gasteiger charge is 2.36. The normalized spacial score (nSPS) is 20.0. The fourth-order valence-electron chi connectivity index (χ4n) is 3.32. The lowest BCUT2D eigenvalue weighted by molar-refractivity contribution is -0.147. The van der Waals surface area contributed by atoms with Crippen molar-refractivity contribution < 1.29 is 14.7 Å². The van der Waals surface area contributed by atoms with E-state index in [1.807, 2.05) is 6.92 Å². The van der Waals surface area contributed by atoms with Gasteiger partial charge in [0.1, 0.15) is 0 Å². The third-order valence-electron chi connectivity index (χ3n) is 4.63. The molecule has 26 heavy (non-hydrogen) atoms. The number of rotatable bonds is 4. The van der Waals surface area contributed by atoms with Crippen LogP contribution in [0.4, 0.5) is 5.13 Å². The molecule has 1 aliphatic rings. The Morgan fingerprint density at radius 1 is 1.23 bits per heavy atom. The van der Waals surface area contributed by atoms with E-state index in [0.29, 0.717) is 33.7 Å². The molecule has 1 saturated carbocycles. The van der Waals surface area contributed by atoms with Crippen molar-refractivity contribution in [2.24, 2.45) is 11.8 Å². The largest absolute Gasteiger partial charge is 0.481 e. The topological polar surface area (TPSA) is 79.3 Å². The number of carbonyl (C=O) groups is 2. The standard InChI is InChI=1S/C18H18Cl2N2O3S/c1-9-15(13-7-6-10(19)8-14(13)20)21-18(26-9)22-16(23)11-4-2-3-5-12(11)17(24)25/h6-8,11-12H,2-5H2,1H3,(H,24,25)(H,21,22,23). The number of hydrogen-bond acceptors (Lipinski definition) is 4. The minimum Gasteiger partial charge on any atom is -0.481 e. The van der Waals surface area contributed by atoms with Crippen LogP contribution < -0.4 is 5.32 Å². The van der Waals surface area contributed by atoms with Gasteiger partial charge in [-0.15, -0.1) is 11.3 Å². The lowest BCUT2D eigenvalue weighted by atomic mass is 9.79. The number of amides is 1. The molecule has 0 radical (unpaired) electrons. The number of aliphatic carboxylic acids is 1. The van der Waals surface area contributed by atoms with Crippen molar-refractivity contribution in [1.82, 2.24) is 4.98 Å². The molecular weight excluding hydrogens is 395 g/mol. The number of aromatic nitrogens is 1. The number of nitrogens with one attached hydrogen (secondary N) is 1. The van der Waals surface area contributed by atoms with Gasteiger partial charge in [0.25, 0.3) is 0 Å². The number of aryl methyl sites for hydroxylation is 1. The molecular formula is C18H18Cl2N2O3S. The average molecular weight is 413 g/mol. The molecule has 0 bridgehead atoms. The van der Waals surface area contributed by atoms with Gasteiger partial charge in [0.15, 0.2) is 5.13 Å². The van der Waals surface area contributed by atoms with Gasteiger partial charge in [-0.25, -0.2) is 4.98 Å². The fraction of sp³-hybridized carbons (Fsp3) is 0.389. The Kier molecular flexibility index (Phi) is 5.85. The second-order valence-corrected chi connectivity index (χ2v) is 8.42. The monoisotopic (exact) mass is 412 g/mol. The molecule has 3 rings (SSSR count). The highest BCUT2D eigenvalue weighted by molar-refractivity contribution is 7.16. The molecule has 2 aromatic rings. The molecule has 5 nitrogen and oxygen atoms in total. The molecule has 0 aliphatic heterocycles. The summed E-state index contributed by atoms with van der Waals surface area (Å²) in [4.78, 5) is 29.4. The van der Waals surface area contributed by atoms with E-state index in [-0.39, 0.29) is 5.91 Å². The number of anilines is 1. The van der Waals surface area contributed by atoms with Crippen LogP contribution in [-0.4, -0.2) is 22.0 Å². The van der Waals surface area contributed by atoms with Crippen molar-refractivity contribution in [1.29, 1.82) is 0 Å². The van der Waals surface area contributed by atoms with E-state index in [2.05, 4.69) is 10.3 Å². The molecule has 8 heteroatoms. The van der Waals surface area contributed by atoms with Gasteiger partial charge in [0.05, 0.1) is 22.6 Å². The molecule has 1 aromatic heterocycles. The fourth-order valence-corrected chi connectivity index (χ4v) is 4.65. The van der Waals surface area contributed by atoms with Crippen LogP contribution in [0.5, 0.6) is 0 Å². The molecule has 1 amide bonds. The quantitative estimate of drug-likeness (QED) is 0.717. The summed E-state index contributed by atoms with van der Waals surface area (Å²) in [5.74, 6) is -2.34. The van der Waals surface area contributed by atoms with Crippen LogP contribution in [0.25, 0.3) is 11.3 Å². The zero-order chi connectivity index (χ0) is 18.8. The zero-order valence-electron chi connectivity index (χ0n) is 14.1. The van der Waals surface area contributed by atoms with E-state index in [9.17, 15) is 14.7 Å². The second-order valence-electron chi connectivity index (χ2n) is 6.37. The Hall–Kier alpha value is -1.63. The third-order valence-corrected chi connectivity index (χ3v) is 6.07. The lowest BCUT2D eigenvalue weighted by Gasteiger charge is -2.26. The number of thiazole rings is 1. The maximum Gasteiger partial charge on any atom is 0.307 e. The van der Waals surface area contributed by atoms with Gasteiger partial charge >= 0.3 is 5.97 Å². The number of carbonyl (C=O) groups excluding carboxylic acids is 1. The number of hydrogen-bond donors (Lipinski definition) is 2.